The van der Waals surface area contributed by atoms with Gasteiger partial charge in [0.15, 0.2) is 5.82 Å². The summed E-state index contributed by atoms with van der Waals surface area (Å²) in [6.07, 6.45) is 1.81. The van der Waals surface area contributed by atoms with Gasteiger partial charge in [0.2, 0.25) is 0 Å². The highest BCUT2D eigenvalue weighted by Crippen LogP contribution is 2.30. The van der Waals surface area contributed by atoms with E-state index in [1.165, 1.54) is 0 Å². The van der Waals surface area contributed by atoms with E-state index in [1.54, 1.807) is 6.33 Å². The summed E-state index contributed by atoms with van der Waals surface area (Å²) in [7, 11) is 0. The molecule has 0 aliphatic carbocycles. The van der Waals surface area contributed by atoms with Crippen LogP contribution in [-0.4, -0.2) is 21.1 Å². The first kappa shape index (κ1) is 13.7. The predicted octanol–water partition coefficient (Wildman–Crippen LogP) is 2.71. The lowest BCUT2D eigenvalue weighted by atomic mass is 10.1. The normalized spacial score (nSPS) is 12.7. The van der Waals surface area contributed by atoms with E-state index in [1.807, 2.05) is 42.5 Å². The van der Waals surface area contributed by atoms with Gasteiger partial charge in [-0.3, -0.25) is 0 Å². The van der Waals surface area contributed by atoms with Crippen molar-refractivity contribution in [1.82, 2.24) is 14.5 Å². The van der Waals surface area contributed by atoms with Gasteiger partial charge >= 0.3 is 0 Å². The molecule has 0 bridgehead atoms. The largest absolute Gasteiger partial charge is 0.382 e. The fraction of sp³-hybridized carbons (Fsp3) is 0.111. The van der Waals surface area contributed by atoms with Crippen molar-refractivity contribution in [3.05, 3.63) is 66.5 Å². The maximum absolute atomic E-state index is 6.10. The van der Waals surface area contributed by atoms with Crippen LogP contribution in [0.2, 0.25) is 0 Å². The molecule has 2 aromatic heterocycles. The summed E-state index contributed by atoms with van der Waals surface area (Å²) in [6, 6.07) is 18.2. The van der Waals surface area contributed by atoms with Gasteiger partial charge in [-0.1, -0.05) is 48.5 Å². The molecule has 2 heterocycles. The summed E-state index contributed by atoms with van der Waals surface area (Å²) in [5.74, 6) is 0.446. The van der Waals surface area contributed by atoms with Crippen LogP contribution in [0.15, 0.2) is 60.9 Å². The zero-order chi connectivity index (χ0) is 15.8. The van der Waals surface area contributed by atoms with E-state index in [0.717, 1.165) is 27.5 Å². The van der Waals surface area contributed by atoms with E-state index in [-0.39, 0.29) is 6.04 Å². The molecule has 114 valence electrons. The number of nitrogen functional groups attached to an aromatic ring is 1. The van der Waals surface area contributed by atoms with Crippen LogP contribution in [-0.2, 0) is 0 Å². The minimum absolute atomic E-state index is 0.00593. The standard InChI is InChI=1S/C18H17N5/c19-10-15(12-6-2-1-3-7-12)23-11-21-16-17(23)13-8-4-5-9-14(13)22-18(16)20/h1-9,11,15H,10,19H2,(H2,20,22). The quantitative estimate of drug-likeness (QED) is 0.609. The topological polar surface area (TPSA) is 82.8 Å². The van der Waals surface area contributed by atoms with Gasteiger partial charge in [0, 0.05) is 11.9 Å². The third-order valence-electron chi connectivity index (χ3n) is 4.18. The van der Waals surface area contributed by atoms with Crippen LogP contribution >= 0.6 is 0 Å². The molecule has 0 aliphatic rings. The van der Waals surface area contributed by atoms with Crippen LogP contribution in [0.3, 0.4) is 0 Å². The van der Waals surface area contributed by atoms with Crippen molar-refractivity contribution >= 4 is 27.8 Å². The highest BCUT2D eigenvalue weighted by molar-refractivity contribution is 6.06. The lowest BCUT2D eigenvalue weighted by molar-refractivity contribution is 0.611. The lowest BCUT2D eigenvalue weighted by Crippen LogP contribution is -2.19. The second-order valence-corrected chi connectivity index (χ2v) is 5.53. The summed E-state index contributed by atoms with van der Waals surface area (Å²) in [5.41, 5.74) is 15.9. The molecule has 23 heavy (non-hydrogen) atoms. The van der Waals surface area contributed by atoms with Gasteiger partial charge in [0.25, 0.3) is 0 Å². The van der Waals surface area contributed by atoms with Crippen molar-refractivity contribution in [3.8, 4) is 0 Å². The Hall–Kier alpha value is -2.92. The maximum Gasteiger partial charge on any atom is 0.152 e. The Kier molecular flexibility index (Phi) is 3.20. The number of hydrogen-bond donors (Lipinski definition) is 2. The van der Waals surface area contributed by atoms with E-state index in [2.05, 4.69) is 26.7 Å². The number of para-hydroxylation sites is 1. The number of nitrogens with zero attached hydrogens (tertiary/aromatic N) is 3. The molecule has 4 aromatic rings. The maximum atomic E-state index is 6.10. The molecule has 5 nitrogen and oxygen atoms in total. The lowest BCUT2D eigenvalue weighted by Gasteiger charge is -2.19. The van der Waals surface area contributed by atoms with E-state index < -0.39 is 0 Å². The Morgan fingerprint density at radius 1 is 1.00 bits per heavy atom. The average Bonchev–Trinajstić information content (AvgIpc) is 3.03. The Morgan fingerprint density at radius 3 is 2.52 bits per heavy atom. The predicted molar refractivity (Wildman–Crippen MR) is 93.1 cm³/mol. The van der Waals surface area contributed by atoms with E-state index in [0.29, 0.717) is 12.4 Å². The zero-order valence-corrected chi connectivity index (χ0v) is 12.6. The number of anilines is 1. The minimum atomic E-state index is 0.00593. The second-order valence-electron chi connectivity index (χ2n) is 5.53. The van der Waals surface area contributed by atoms with Crippen molar-refractivity contribution in [2.45, 2.75) is 6.04 Å². The summed E-state index contributed by atoms with van der Waals surface area (Å²) < 4.78 is 2.10. The van der Waals surface area contributed by atoms with Gasteiger partial charge in [0.1, 0.15) is 5.52 Å². The Labute approximate surface area is 133 Å². The van der Waals surface area contributed by atoms with Crippen LogP contribution in [0.4, 0.5) is 5.82 Å². The van der Waals surface area contributed by atoms with Gasteiger partial charge in [0.05, 0.1) is 23.4 Å². The molecule has 4 rings (SSSR count). The first-order chi connectivity index (χ1) is 11.3. The smallest absolute Gasteiger partial charge is 0.152 e. The van der Waals surface area contributed by atoms with Crippen LogP contribution in [0.1, 0.15) is 11.6 Å². The number of pyridine rings is 1. The van der Waals surface area contributed by atoms with Crippen molar-refractivity contribution in [1.29, 1.82) is 0 Å². The molecule has 1 unspecified atom stereocenters. The number of fused-ring (bicyclic) bond motifs is 3. The highest BCUT2D eigenvalue weighted by Gasteiger charge is 2.18. The molecule has 0 amide bonds. The van der Waals surface area contributed by atoms with E-state index >= 15 is 0 Å². The zero-order valence-electron chi connectivity index (χ0n) is 12.6. The first-order valence-corrected chi connectivity index (χ1v) is 7.55. The fourth-order valence-electron chi connectivity index (χ4n) is 3.09. The third kappa shape index (κ3) is 2.13. The minimum Gasteiger partial charge on any atom is -0.382 e. The summed E-state index contributed by atoms with van der Waals surface area (Å²) >= 11 is 0. The SMILES string of the molecule is NCC(c1ccccc1)n1cnc2c(N)nc3ccccc3c21. The monoisotopic (exact) mass is 303 g/mol. The fourth-order valence-corrected chi connectivity index (χ4v) is 3.09. The van der Waals surface area contributed by atoms with Crippen molar-refractivity contribution in [3.63, 3.8) is 0 Å². The number of aromatic nitrogens is 3. The molecule has 0 saturated heterocycles. The van der Waals surface area contributed by atoms with Gasteiger partial charge < -0.3 is 16.0 Å². The molecule has 0 aliphatic heterocycles. The van der Waals surface area contributed by atoms with Crippen LogP contribution < -0.4 is 11.5 Å². The molecule has 0 saturated carbocycles. The van der Waals surface area contributed by atoms with Crippen molar-refractivity contribution < 1.29 is 0 Å². The molecule has 2 aromatic carbocycles. The molecule has 0 spiro atoms. The Balaban J connectivity index is 2.04. The molecular formula is C18H17N5. The van der Waals surface area contributed by atoms with Gasteiger partial charge in [-0.25, -0.2) is 9.97 Å². The van der Waals surface area contributed by atoms with Crippen molar-refractivity contribution in [2.75, 3.05) is 12.3 Å². The molecule has 4 N–H and O–H groups in total. The van der Waals surface area contributed by atoms with E-state index in [9.17, 15) is 0 Å². The van der Waals surface area contributed by atoms with Gasteiger partial charge in [-0.15, -0.1) is 0 Å². The number of imidazole rings is 1. The summed E-state index contributed by atoms with van der Waals surface area (Å²) in [6.45, 7) is 0.478. The molecule has 0 fully saturated rings. The number of nitrogens with two attached hydrogens (primary N) is 2. The van der Waals surface area contributed by atoms with Crippen LogP contribution in [0, 0.1) is 0 Å². The Bertz CT molecular complexity index is 975. The summed E-state index contributed by atoms with van der Waals surface area (Å²) in [5, 5.41) is 1.03. The second kappa shape index (κ2) is 5.37. The third-order valence-corrected chi connectivity index (χ3v) is 4.18. The summed E-state index contributed by atoms with van der Waals surface area (Å²) in [4.78, 5) is 8.93. The molecule has 0 radical (unpaired) electrons. The molecule has 5 heteroatoms. The van der Waals surface area contributed by atoms with Crippen LogP contribution in [0.25, 0.3) is 21.9 Å². The van der Waals surface area contributed by atoms with Gasteiger partial charge in [-0.2, -0.15) is 0 Å². The highest BCUT2D eigenvalue weighted by atomic mass is 15.1. The number of benzene rings is 2. The Morgan fingerprint density at radius 2 is 1.74 bits per heavy atom. The molecular weight excluding hydrogens is 286 g/mol. The van der Waals surface area contributed by atoms with Crippen molar-refractivity contribution in [2.24, 2.45) is 5.73 Å². The number of hydrogen-bond acceptors (Lipinski definition) is 4. The number of rotatable bonds is 3. The average molecular weight is 303 g/mol. The molecule has 1 atom stereocenters. The van der Waals surface area contributed by atoms with Crippen LogP contribution in [0.5, 0.6) is 0 Å². The first-order valence-electron chi connectivity index (χ1n) is 7.55. The van der Waals surface area contributed by atoms with Gasteiger partial charge in [-0.05, 0) is 11.6 Å². The van der Waals surface area contributed by atoms with E-state index in [4.69, 9.17) is 11.5 Å².